The zero-order valence-corrected chi connectivity index (χ0v) is 15.1. The van der Waals surface area contributed by atoms with Crippen LogP contribution in [-0.4, -0.2) is 45.1 Å². The number of hydrogen-bond donors (Lipinski definition) is 1. The van der Waals surface area contributed by atoms with Crippen molar-refractivity contribution in [2.24, 2.45) is 5.73 Å². The summed E-state index contributed by atoms with van der Waals surface area (Å²) in [7, 11) is 0. The van der Waals surface area contributed by atoms with Gasteiger partial charge in [-0.25, -0.2) is 26.9 Å². The number of halogens is 5. The maximum absolute atomic E-state index is 14.3. The Balaban J connectivity index is 1.79. The molecule has 2 aromatic heterocycles. The molecule has 3 aromatic rings. The second kappa shape index (κ2) is 7.24. The van der Waals surface area contributed by atoms with Crippen molar-refractivity contribution in [3.8, 4) is 0 Å². The Labute approximate surface area is 159 Å². The topological polar surface area (TPSA) is 72.9 Å². The van der Waals surface area contributed by atoms with Crippen molar-refractivity contribution in [2.75, 3.05) is 18.0 Å². The highest BCUT2D eigenvalue weighted by Crippen LogP contribution is 2.30. The maximum atomic E-state index is 14.3. The molecule has 150 valence electrons. The van der Waals surface area contributed by atoms with Gasteiger partial charge in [-0.3, -0.25) is 0 Å². The summed E-state index contributed by atoms with van der Waals surface area (Å²) < 4.78 is 68.9. The lowest BCUT2D eigenvalue weighted by molar-refractivity contribution is 0.150. The van der Waals surface area contributed by atoms with E-state index >= 15 is 0 Å². The number of nitrogens with two attached hydrogens (primary N) is 1. The van der Waals surface area contributed by atoms with Gasteiger partial charge in [0.15, 0.2) is 10.8 Å². The largest absolute Gasteiger partial charge is 0.340 e. The second-order valence-corrected chi connectivity index (χ2v) is 7.60. The number of fused-ring (bicyclic) bond motifs is 1. The number of benzene rings is 1. The molecular weight excluding hydrogens is 403 g/mol. The van der Waals surface area contributed by atoms with E-state index in [4.69, 9.17) is 5.73 Å². The minimum atomic E-state index is -2.76. The van der Waals surface area contributed by atoms with Gasteiger partial charge in [-0.2, -0.15) is 0 Å². The summed E-state index contributed by atoms with van der Waals surface area (Å²) in [6, 6.07) is 1.06. The number of piperidine rings is 1. The first kappa shape index (κ1) is 19.0. The molecule has 1 aliphatic rings. The van der Waals surface area contributed by atoms with Crippen molar-refractivity contribution < 1.29 is 22.0 Å². The lowest BCUT2D eigenvalue weighted by Gasteiger charge is -2.34. The highest BCUT2D eigenvalue weighted by atomic mass is 32.1. The molecule has 0 spiro atoms. The fraction of sp³-hybridized carbons (Fsp3) is 0.438. The van der Waals surface area contributed by atoms with Crippen LogP contribution in [0.15, 0.2) is 12.1 Å². The van der Waals surface area contributed by atoms with Gasteiger partial charge >= 0.3 is 0 Å². The quantitative estimate of drug-likeness (QED) is 0.660. The highest BCUT2D eigenvalue weighted by molar-refractivity contribution is 7.11. The van der Waals surface area contributed by atoms with E-state index in [0.717, 1.165) is 6.07 Å². The lowest BCUT2D eigenvalue weighted by Crippen LogP contribution is -2.50. The number of alkyl halides is 3. The first-order valence-corrected chi connectivity index (χ1v) is 9.25. The van der Waals surface area contributed by atoms with Gasteiger partial charge in [0, 0.05) is 25.2 Å². The molecule has 6 nitrogen and oxygen atoms in total. The van der Waals surface area contributed by atoms with E-state index in [2.05, 4.69) is 15.2 Å². The first-order chi connectivity index (χ1) is 13.3. The predicted molar refractivity (Wildman–Crippen MR) is 93.3 cm³/mol. The fourth-order valence-corrected chi connectivity index (χ4v) is 3.91. The molecule has 0 amide bonds. The van der Waals surface area contributed by atoms with Gasteiger partial charge in [0.2, 0.25) is 5.95 Å². The number of imidazole rings is 1. The van der Waals surface area contributed by atoms with E-state index in [9.17, 15) is 22.0 Å². The van der Waals surface area contributed by atoms with Gasteiger partial charge in [0.25, 0.3) is 6.43 Å². The lowest BCUT2D eigenvalue weighted by atomic mass is 10.1. The number of hydrogen-bond acceptors (Lipinski definition) is 6. The molecule has 1 aliphatic heterocycles. The minimum absolute atomic E-state index is 0.0656. The van der Waals surface area contributed by atoms with Crippen molar-refractivity contribution in [2.45, 2.75) is 31.6 Å². The summed E-state index contributed by atoms with van der Waals surface area (Å²) >= 11 is 0.701. The zero-order chi connectivity index (χ0) is 20.0. The van der Waals surface area contributed by atoms with Crippen LogP contribution in [0.4, 0.5) is 27.9 Å². The van der Waals surface area contributed by atoms with Crippen LogP contribution in [0.2, 0.25) is 0 Å². The van der Waals surface area contributed by atoms with Gasteiger partial charge in [0.05, 0.1) is 18.1 Å². The molecule has 1 aromatic carbocycles. The van der Waals surface area contributed by atoms with Crippen LogP contribution in [0.1, 0.15) is 22.9 Å². The molecule has 0 saturated carbocycles. The Bertz CT molecular complexity index is 1000. The Morgan fingerprint density at radius 3 is 2.71 bits per heavy atom. The summed E-state index contributed by atoms with van der Waals surface area (Å²) in [6.45, 7) is 0.345. The van der Waals surface area contributed by atoms with Crippen molar-refractivity contribution in [3.63, 3.8) is 0 Å². The third kappa shape index (κ3) is 3.41. The fourth-order valence-electron chi connectivity index (χ4n) is 3.22. The van der Waals surface area contributed by atoms with Gasteiger partial charge in [0.1, 0.15) is 22.5 Å². The van der Waals surface area contributed by atoms with Crippen molar-refractivity contribution in [1.82, 2.24) is 19.7 Å². The molecule has 28 heavy (non-hydrogen) atoms. The van der Waals surface area contributed by atoms with E-state index in [1.165, 1.54) is 4.57 Å². The molecule has 1 fully saturated rings. The second-order valence-electron chi connectivity index (χ2n) is 6.50. The van der Waals surface area contributed by atoms with Crippen molar-refractivity contribution >= 4 is 28.3 Å². The number of rotatable bonds is 4. The van der Waals surface area contributed by atoms with Gasteiger partial charge in [-0.05, 0) is 6.42 Å². The predicted octanol–water partition coefficient (Wildman–Crippen LogP) is 3.03. The standard InChI is InChI=1S/C16H15F5N6S/c17-7-3-9(19)13-11(4-7)27(6-12-24-25-15(28-12)14(20)21)16(23-13)26-2-1-8(18)10(22)5-26/h3-4,8,10,14H,1-2,5-6,22H2. The van der Waals surface area contributed by atoms with Gasteiger partial charge in [-0.1, -0.05) is 11.3 Å². The van der Waals surface area contributed by atoms with Crippen molar-refractivity contribution in [1.29, 1.82) is 0 Å². The monoisotopic (exact) mass is 418 g/mol. The van der Waals surface area contributed by atoms with Crippen LogP contribution in [0.3, 0.4) is 0 Å². The number of nitrogens with zero attached hydrogens (tertiary/aromatic N) is 5. The molecule has 4 rings (SSSR count). The normalized spacial score (nSPS) is 20.5. The van der Waals surface area contributed by atoms with Crippen molar-refractivity contribution in [3.05, 3.63) is 33.8 Å². The molecule has 2 N–H and O–H groups in total. The van der Waals surface area contributed by atoms with E-state index in [1.807, 2.05) is 0 Å². The van der Waals surface area contributed by atoms with Crippen LogP contribution in [-0.2, 0) is 6.54 Å². The van der Waals surface area contributed by atoms with Crippen LogP contribution in [0, 0.1) is 11.6 Å². The highest BCUT2D eigenvalue weighted by Gasteiger charge is 2.30. The summed E-state index contributed by atoms with van der Waals surface area (Å²) in [5.74, 6) is -1.41. The molecule has 2 atom stereocenters. The van der Waals surface area contributed by atoms with Crippen LogP contribution in [0.5, 0.6) is 0 Å². The Morgan fingerprint density at radius 1 is 1.25 bits per heavy atom. The third-order valence-corrected chi connectivity index (χ3v) is 5.48. The average Bonchev–Trinajstić information content (AvgIpc) is 3.24. The molecule has 2 unspecified atom stereocenters. The van der Waals surface area contributed by atoms with Crippen LogP contribution in [0.25, 0.3) is 11.0 Å². The van der Waals surface area contributed by atoms with E-state index in [1.54, 1.807) is 4.90 Å². The summed E-state index contributed by atoms with van der Waals surface area (Å²) in [6.07, 6.45) is -3.77. The Morgan fingerprint density at radius 2 is 2.04 bits per heavy atom. The Hall–Kier alpha value is -2.34. The van der Waals surface area contributed by atoms with Crippen LogP contribution < -0.4 is 10.6 Å². The molecule has 1 saturated heterocycles. The molecule has 0 radical (unpaired) electrons. The molecule has 3 heterocycles. The van der Waals surface area contributed by atoms with E-state index in [0.29, 0.717) is 17.4 Å². The van der Waals surface area contributed by atoms with Gasteiger partial charge < -0.3 is 15.2 Å². The molecule has 12 heteroatoms. The summed E-state index contributed by atoms with van der Waals surface area (Å²) in [5.41, 5.74) is 5.86. The minimum Gasteiger partial charge on any atom is -0.340 e. The zero-order valence-electron chi connectivity index (χ0n) is 14.3. The SMILES string of the molecule is NC1CN(c2nc3c(F)cc(F)cc3n2Cc2nnc(C(F)F)s2)CCC1F. The average molecular weight is 418 g/mol. The maximum Gasteiger partial charge on any atom is 0.291 e. The first-order valence-electron chi connectivity index (χ1n) is 8.43. The van der Waals surface area contributed by atoms with Gasteiger partial charge in [-0.15, -0.1) is 10.2 Å². The molecular formula is C16H15F5N6S. The smallest absolute Gasteiger partial charge is 0.291 e. The molecule has 0 aliphatic carbocycles. The number of anilines is 1. The van der Waals surface area contributed by atoms with E-state index < -0.39 is 35.3 Å². The number of aromatic nitrogens is 4. The third-order valence-electron chi connectivity index (χ3n) is 4.57. The summed E-state index contributed by atoms with van der Waals surface area (Å²) in [5, 5.41) is 6.94. The molecule has 0 bridgehead atoms. The summed E-state index contributed by atoms with van der Waals surface area (Å²) in [4.78, 5) is 5.93. The van der Waals surface area contributed by atoms with E-state index in [-0.39, 0.29) is 48.0 Å². The Kier molecular flexibility index (Phi) is 4.91. The van der Waals surface area contributed by atoms with Crippen LogP contribution >= 0.6 is 11.3 Å².